The van der Waals surface area contributed by atoms with Crippen LogP contribution in [0.5, 0.6) is 5.75 Å². The average Bonchev–Trinajstić information content (AvgIpc) is 3.21. The number of ether oxygens (including phenoxy) is 1. The van der Waals surface area contributed by atoms with Crippen LogP contribution in [-0.4, -0.2) is 39.0 Å². The third-order valence-corrected chi connectivity index (χ3v) is 5.20. The number of hydrogen-bond acceptors (Lipinski definition) is 4. The SMILES string of the molecule is CCn1ccc(C(=O)N2Cc3[nH]cnc3C(c3cccc(OC)c3)C2)cc1=O. The molecular weight excluding hydrogens is 356 g/mol. The van der Waals surface area contributed by atoms with Crippen molar-refractivity contribution in [3.63, 3.8) is 0 Å². The highest BCUT2D eigenvalue weighted by molar-refractivity contribution is 5.94. The van der Waals surface area contributed by atoms with Crippen LogP contribution in [-0.2, 0) is 13.1 Å². The predicted octanol–water partition coefficient (Wildman–Crippen LogP) is 2.39. The number of aromatic nitrogens is 3. The van der Waals surface area contributed by atoms with Crippen LogP contribution in [0, 0.1) is 0 Å². The molecule has 0 radical (unpaired) electrons. The normalized spacial score (nSPS) is 15.9. The Kier molecular flexibility index (Phi) is 4.73. The lowest BCUT2D eigenvalue weighted by Crippen LogP contribution is -2.39. The molecule has 1 atom stereocenters. The number of imidazole rings is 1. The molecule has 1 N–H and O–H groups in total. The van der Waals surface area contributed by atoms with E-state index in [1.54, 1.807) is 35.2 Å². The van der Waals surface area contributed by atoms with E-state index in [-0.39, 0.29) is 17.4 Å². The lowest BCUT2D eigenvalue weighted by molar-refractivity contribution is 0.0721. The highest BCUT2D eigenvalue weighted by Gasteiger charge is 2.32. The second-order valence-corrected chi connectivity index (χ2v) is 6.82. The standard InChI is InChI=1S/C21H22N4O3/c1-3-24-8-7-15(10-19(24)26)21(27)25-11-17(20-18(12-25)22-13-23-20)14-5-4-6-16(9-14)28-2/h4-10,13,17H,3,11-12H2,1-2H3,(H,22,23). The maximum atomic E-state index is 13.1. The highest BCUT2D eigenvalue weighted by Crippen LogP contribution is 2.33. The van der Waals surface area contributed by atoms with Gasteiger partial charge in [0.2, 0.25) is 0 Å². The Morgan fingerprint density at radius 3 is 2.93 bits per heavy atom. The number of amides is 1. The van der Waals surface area contributed by atoms with E-state index in [1.807, 2.05) is 31.2 Å². The maximum absolute atomic E-state index is 13.1. The molecule has 28 heavy (non-hydrogen) atoms. The van der Waals surface area contributed by atoms with E-state index in [9.17, 15) is 9.59 Å². The molecule has 0 aliphatic carbocycles. The number of pyridine rings is 1. The third kappa shape index (κ3) is 3.19. The van der Waals surface area contributed by atoms with Gasteiger partial charge in [0.05, 0.1) is 31.4 Å². The summed E-state index contributed by atoms with van der Waals surface area (Å²) in [6.07, 6.45) is 3.33. The first-order valence-electron chi connectivity index (χ1n) is 9.26. The molecule has 1 amide bonds. The van der Waals surface area contributed by atoms with Gasteiger partial charge in [-0.2, -0.15) is 0 Å². The lowest BCUT2D eigenvalue weighted by Gasteiger charge is -2.32. The number of benzene rings is 1. The zero-order valence-corrected chi connectivity index (χ0v) is 15.9. The van der Waals surface area contributed by atoms with Gasteiger partial charge in [-0.25, -0.2) is 4.98 Å². The van der Waals surface area contributed by atoms with Gasteiger partial charge < -0.3 is 19.2 Å². The van der Waals surface area contributed by atoms with E-state index < -0.39 is 0 Å². The Morgan fingerprint density at radius 2 is 2.18 bits per heavy atom. The first-order valence-corrected chi connectivity index (χ1v) is 9.26. The summed E-state index contributed by atoms with van der Waals surface area (Å²) in [6, 6.07) is 10.9. The Morgan fingerprint density at radius 1 is 1.32 bits per heavy atom. The maximum Gasteiger partial charge on any atom is 0.254 e. The van der Waals surface area contributed by atoms with E-state index in [0.29, 0.717) is 25.2 Å². The molecule has 1 aliphatic rings. The Bertz CT molecular complexity index is 1070. The average molecular weight is 378 g/mol. The van der Waals surface area contributed by atoms with Crippen molar-refractivity contribution < 1.29 is 9.53 Å². The van der Waals surface area contributed by atoms with Gasteiger partial charge in [0.15, 0.2) is 0 Å². The quantitative estimate of drug-likeness (QED) is 0.756. The van der Waals surface area contributed by atoms with Gasteiger partial charge in [-0.1, -0.05) is 12.1 Å². The van der Waals surface area contributed by atoms with Crippen LogP contribution < -0.4 is 10.3 Å². The van der Waals surface area contributed by atoms with Gasteiger partial charge in [-0.05, 0) is 30.7 Å². The van der Waals surface area contributed by atoms with Crippen molar-refractivity contribution in [2.75, 3.05) is 13.7 Å². The molecule has 1 aliphatic heterocycles. The van der Waals surface area contributed by atoms with E-state index in [0.717, 1.165) is 22.7 Å². The summed E-state index contributed by atoms with van der Waals surface area (Å²) in [4.78, 5) is 34.6. The number of nitrogens with one attached hydrogen (secondary N) is 1. The molecule has 0 saturated heterocycles. The number of methoxy groups -OCH3 is 1. The van der Waals surface area contributed by atoms with Crippen molar-refractivity contribution in [3.05, 3.63) is 81.8 Å². The summed E-state index contributed by atoms with van der Waals surface area (Å²) in [5.74, 6) is 0.541. The molecule has 2 aromatic heterocycles. The Labute approximate surface area is 162 Å². The van der Waals surface area contributed by atoms with E-state index >= 15 is 0 Å². The van der Waals surface area contributed by atoms with Crippen molar-refractivity contribution in [1.29, 1.82) is 0 Å². The largest absolute Gasteiger partial charge is 0.497 e. The Balaban J connectivity index is 1.67. The first kappa shape index (κ1) is 18.0. The molecule has 0 bridgehead atoms. The molecule has 144 valence electrons. The van der Waals surface area contributed by atoms with Gasteiger partial charge >= 0.3 is 0 Å². The fourth-order valence-electron chi connectivity index (χ4n) is 3.68. The molecule has 0 fully saturated rings. The minimum atomic E-state index is -0.170. The van der Waals surface area contributed by atoms with Crippen molar-refractivity contribution in [2.45, 2.75) is 25.9 Å². The van der Waals surface area contributed by atoms with Crippen LogP contribution in [0.15, 0.2) is 53.7 Å². The van der Waals surface area contributed by atoms with Gasteiger partial charge in [-0.15, -0.1) is 0 Å². The number of carbonyl (C=O) groups excluding carboxylic acids is 1. The fourth-order valence-corrected chi connectivity index (χ4v) is 3.68. The van der Waals surface area contributed by atoms with Crippen molar-refractivity contribution in [2.24, 2.45) is 0 Å². The van der Waals surface area contributed by atoms with Crippen LogP contribution in [0.25, 0.3) is 0 Å². The van der Waals surface area contributed by atoms with Crippen LogP contribution >= 0.6 is 0 Å². The van der Waals surface area contributed by atoms with Crippen LogP contribution in [0.4, 0.5) is 0 Å². The molecule has 7 nitrogen and oxygen atoms in total. The first-order chi connectivity index (χ1) is 13.6. The summed E-state index contributed by atoms with van der Waals surface area (Å²) in [6.45, 7) is 3.39. The molecule has 1 unspecified atom stereocenters. The number of nitrogens with zero attached hydrogens (tertiary/aromatic N) is 3. The topological polar surface area (TPSA) is 80.2 Å². The van der Waals surface area contributed by atoms with Gasteiger partial charge in [0, 0.05) is 36.8 Å². The highest BCUT2D eigenvalue weighted by atomic mass is 16.5. The number of fused-ring (bicyclic) bond motifs is 1. The molecular formula is C21H22N4O3. The van der Waals surface area contributed by atoms with Crippen LogP contribution in [0.1, 0.15) is 40.2 Å². The summed E-state index contributed by atoms with van der Waals surface area (Å²) < 4.78 is 6.92. The fraction of sp³-hybridized carbons (Fsp3) is 0.286. The van der Waals surface area contributed by atoms with Crippen LogP contribution in [0.2, 0.25) is 0 Å². The van der Waals surface area contributed by atoms with Crippen molar-refractivity contribution in [3.8, 4) is 5.75 Å². The summed E-state index contributed by atoms with van der Waals surface area (Å²) in [7, 11) is 1.63. The summed E-state index contributed by atoms with van der Waals surface area (Å²) >= 11 is 0. The third-order valence-electron chi connectivity index (χ3n) is 5.20. The van der Waals surface area contributed by atoms with E-state index in [1.165, 1.54) is 6.07 Å². The minimum absolute atomic E-state index is 0.0648. The number of aryl methyl sites for hydroxylation is 1. The molecule has 0 spiro atoms. The molecule has 0 saturated carbocycles. The molecule has 3 aromatic rings. The van der Waals surface area contributed by atoms with Crippen molar-refractivity contribution in [1.82, 2.24) is 19.4 Å². The van der Waals surface area contributed by atoms with Gasteiger partial charge in [0.1, 0.15) is 5.75 Å². The van der Waals surface area contributed by atoms with E-state index in [2.05, 4.69) is 9.97 Å². The smallest absolute Gasteiger partial charge is 0.254 e. The van der Waals surface area contributed by atoms with Crippen molar-refractivity contribution >= 4 is 5.91 Å². The second kappa shape index (κ2) is 7.34. The van der Waals surface area contributed by atoms with E-state index in [4.69, 9.17) is 4.74 Å². The minimum Gasteiger partial charge on any atom is -0.497 e. The molecule has 7 heteroatoms. The zero-order chi connectivity index (χ0) is 19.7. The molecule has 4 rings (SSSR count). The lowest BCUT2D eigenvalue weighted by atomic mass is 9.90. The Hall–Kier alpha value is -3.35. The monoisotopic (exact) mass is 378 g/mol. The number of hydrogen-bond donors (Lipinski definition) is 1. The summed E-state index contributed by atoms with van der Waals surface area (Å²) in [5, 5.41) is 0. The zero-order valence-electron chi connectivity index (χ0n) is 15.9. The number of aromatic amines is 1. The summed E-state index contributed by atoms with van der Waals surface area (Å²) in [5.41, 5.74) is 3.12. The number of carbonyl (C=O) groups is 1. The van der Waals surface area contributed by atoms with Gasteiger partial charge in [0.25, 0.3) is 11.5 Å². The second-order valence-electron chi connectivity index (χ2n) is 6.82. The van der Waals surface area contributed by atoms with Gasteiger partial charge in [-0.3, -0.25) is 9.59 Å². The van der Waals surface area contributed by atoms with Crippen LogP contribution in [0.3, 0.4) is 0 Å². The number of H-pyrrole nitrogens is 1. The molecule has 3 heterocycles. The number of rotatable bonds is 4. The molecule has 1 aromatic carbocycles. The predicted molar refractivity (Wildman–Crippen MR) is 105 cm³/mol.